The highest BCUT2D eigenvalue weighted by Crippen LogP contribution is 2.37. The van der Waals surface area contributed by atoms with Crippen molar-refractivity contribution in [3.05, 3.63) is 59.7 Å². The molecule has 0 fully saturated rings. The number of nitrogen functional groups attached to an aromatic ring is 2. The lowest BCUT2D eigenvalue weighted by molar-refractivity contribution is 0.450. The first-order valence-electron chi connectivity index (χ1n) is 7.98. The molecule has 0 aliphatic heterocycles. The van der Waals surface area contributed by atoms with Crippen LogP contribution < -0.4 is 20.9 Å². The first-order chi connectivity index (χ1) is 12.4. The molecule has 6 heteroatoms. The fourth-order valence-electron chi connectivity index (χ4n) is 2.46. The van der Waals surface area contributed by atoms with Gasteiger partial charge in [0.2, 0.25) is 0 Å². The van der Waals surface area contributed by atoms with Gasteiger partial charge in [-0.1, -0.05) is 6.07 Å². The number of phenolic OH excluding ortho intramolecular Hbond substituents is 2. The zero-order chi connectivity index (χ0) is 18.8. The van der Waals surface area contributed by atoms with Crippen LogP contribution in [0.5, 0.6) is 34.5 Å². The molecule has 0 unspecified atom stereocenters. The maximum absolute atomic E-state index is 9.64. The van der Waals surface area contributed by atoms with Crippen molar-refractivity contribution in [3.63, 3.8) is 0 Å². The van der Waals surface area contributed by atoms with E-state index in [1.807, 2.05) is 0 Å². The number of rotatable bonds is 4. The topological polar surface area (TPSA) is 111 Å². The SMILES string of the molecule is Cc1c(Oc2cccc(Oc3ccc(O)c(N)c3C)c2)ccc(O)c1N. The Labute approximate surface area is 151 Å². The zero-order valence-electron chi connectivity index (χ0n) is 14.5. The number of phenols is 2. The number of hydrogen-bond acceptors (Lipinski definition) is 6. The summed E-state index contributed by atoms with van der Waals surface area (Å²) in [6.45, 7) is 3.54. The molecule has 0 saturated carbocycles. The van der Waals surface area contributed by atoms with Crippen molar-refractivity contribution in [1.82, 2.24) is 0 Å². The van der Waals surface area contributed by atoms with E-state index in [2.05, 4.69) is 0 Å². The molecular formula is C20H20N2O4. The van der Waals surface area contributed by atoms with Crippen LogP contribution in [0.2, 0.25) is 0 Å². The highest BCUT2D eigenvalue weighted by molar-refractivity contribution is 5.64. The Morgan fingerprint density at radius 1 is 0.692 bits per heavy atom. The lowest BCUT2D eigenvalue weighted by Crippen LogP contribution is -1.95. The van der Waals surface area contributed by atoms with Crippen molar-refractivity contribution in [1.29, 1.82) is 0 Å². The Hall–Kier alpha value is -3.54. The zero-order valence-corrected chi connectivity index (χ0v) is 14.5. The van der Waals surface area contributed by atoms with Crippen molar-refractivity contribution in [2.45, 2.75) is 13.8 Å². The predicted molar refractivity (Wildman–Crippen MR) is 101 cm³/mol. The van der Waals surface area contributed by atoms with Crippen molar-refractivity contribution in [3.8, 4) is 34.5 Å². The minimum Gasteiger partial charge on any atom is -0.506 e. The Morgan fingerprint density at radius 2 is 1.12 bits per heavy atom. The van der Waals surface area contributed by atoms with Gasteiger partial charge in [0.1, 0.15) is 34.5 Å². The molecule has 0 atom stereocenters. The lowest BCUT2D eigenvalue weighted by Gasteiger charge is -2.14. The van der Waals surface area contributed by atoms with Gasteiger partial charge in [-0.3, -0.25) is 0 Å². The quantitative estimate of drug-likeness (QED) is 0.407. The lowest BCUT2D eigenvalue weighted by atomic mass is 10.1. The second kappa shape index (κ2) is 6.76. The van der Waals surface area contributed by atoms with E-state index >= 15 is 0 Å². The van der Waals surface area contributed by atoms with Gasteiger partial charge >= 0.3 is 0 Å². The summed E-state index contributed by atoms with van der Waals surface area (Å²) in [4.78, 5) is 0. The molecule has 0 heterocycles. The number of anilines is 2. The Bertz CT molecular complexity index is 896. The third kappa shape index (κ3) is 3.30. The van der Waals surface area contributed by atoms with Crippen molar-refractivity contribution in [2.24, 2.45) is 0 Å². The number of hydrogen-bond donors (Lipinski definition) is 4. The molecule has 3 aromatic carbocycles. The van der Waals surface area contributed by atoms with Gasteiger partial charge in [-0.25, -0.2) is 0 Å². The smallest absolute Gasteiger partial charge is 0.139 e. The normalized spacial score (nSPS) is 10.5. The maximum atomic E-state index is 9.64. The molecule has 0 aliphatic carbocycles. The van der Waals surface area contributed by atoms with Gasteiger partial charge < -0.3 is 31.2 Å². The Kier molecular flexibility index (Phi) is 4.49. The van der Waals surface area contributed by atoms with E-state index in [0.717, 1.165) is 0 Å². The minimum absolute atomic E-state index is 0.0207. The second-order valence-corrected chi connectivity index (χ2v) is 5.92. The van der Waals surface area contributed by atoms with Gasteiger partial charge in [0.15, 0.2) is 0 Å². The third-order valence-electron chi connectivity index (χ3n) is 4.15. The summed E-state index contributed by atoms with van der Waals surface area (Å²) in [5.74, 6) is 2.24. The standard InChI is InChI=1S/C20H20N2O4/c1-11-17(8-6-15(23)19(11)21)25-13-4-3-5-14(10-13)26-18-9-7-16(24)20(22)12(18)2/h3-10,23-24H,21-22H2,1-2H3. The molecule has 3 aromatic rings. The highest BCUT2D eigenvalue weighted by atomic mass is 16.5. The fourth-order valence-corrected chi connectivity index (χ4v) is 2.46. The van der Waals surface area contributed by atoms with Crippen molar-refractivity contribution in [2.75, 3.05) is 11.5 Å². The summed E-state index contributed by atoms with van der Waals surface area (Å²) in [7, 11) is 0. The van der Waals surface area contributed by atoms with Crippen molar-refractivity contribution < 1.29 is 19.7 Å². The van der Waals surface area contributed by atoms with Crippen LogP contribution in [0, 0.1) is 13.8 Å². The van der Waals surface area contributed by atoms with Crippen LogP contribution in [0.3, 0.4) is 0 Å². The van der Waals surface area contributed by atoms with Gasteiger partial charge in [-0.15, -0.1) is 0 Å². The van der Waals surface area contributed by atoms with Gasteiger partial charge in [-0.05, 0) is 50.2 Å². The monoisotopic (exact) mass is 352 g/mol. The third-order valence-corrected chi connectivity index (χ3v) is 4.15. The molecule has 0 bridgehead atoms. The molecule has 0 aliphatic rings. The van der Waals surface area contributed by atoms with E-state index in [0.29, 0.717) is 34.1 Å². The average Bonchev–Trinajstić information content (AvgIpc) is 2.63. The van der Waals surface area contributed by atoms with Gasteiger partial charge in [0.05, 0.1) is 11.4 Å². The number of nitrogens with two attached hydrogens (primary N) is 2. The Morgan fingerprint density at radius 3 is 1.54 bits per heavy atom. The van der Waals surface area contributed by atoms with Gasteiger partial charge in [-0.2, -0.15) is 0 Å². The van der Waals surface area contributed by atoms with Crippen LogP contribution in [-0.4, -0.2) is 10.2 Å². The largest absolute Gasteiger partial charge is 0.506 e. The molecule has 0 amide bonds. The van der Waals surface area contributed by atoms with E-state index in [1.54, 1.807) is 50.2 Å². The second-order valence-electron chi connectivity index (χ2n) is 5.92. The van der Waals surface area contributed by atoms with Gasteiger partial charge in [0.25, 0.3) is 0 Å². The van der Waals surface area contributed by atoms with Crippen LogP contribution in [0.15, 0.2) is 48.5 Å². The molecule has 0 aromatic heterocycles. The highest BCUT2D eigenvalue weighted by Gasteiger charge is 2.11. The van der Waals surface area contributed by atoms with Crippen LogP contribution >= 0.6 is 0 Å². The van der Waals surface area contributed by atoms with E-state index in [1.165, 1.54) is 12.1 Å². The van der Waals surface area contributed by atoms with E-state index in [9.17, 15) is 10.2 Å². The molecule has 6 N–H and O–H groups in total. The molecule has 0 radical (unpaired) electrons. The molecule has 26 heavy (non-hydrogen) atoms. The Balaban J connectivity index is 1.85. The number of aromatic hydroxyl groups is 2. The number of benzene rings is 3. The first kappa shape index (κ1) is 17.3. The van der Waals surface area contributed by atoms with Crippen molar-refractivity contribution >= 4 is 11.4 Å². The summed E-state index contributed by atoms with van der Waals surface area (Å²) in [5, 5.41) is 19.3. The van der Waals surface area contributed by atoms with Crippen LogP contribution in [0.25, 0.3) is 0 Å². The molecule has 0 saturated heterocycles. The summed E-state index contributed by atoms with van der Waals surface area (Å²) in [6, 6.07) is 13.4. The molecule has 3 rings (SSSR count). The van der Waals surface area contributed by atoms with Crippen LogP contribution in [0.1, 0.15) is 11.1 Å². The number of ether oxygens (including phenoxy) is 2. The van der Waals surface area contributed by atoms with Crippen LogP contribution in [0.4, 0.5) is 11.4 Å². The summed E-state index contributed by atoms with van der Waals surface area (Å²) >= 11 is 0. The molecular weight excluding hydrogens is 332 g/mol. The summed E-state index contributed by atoms with van der Waals surface area (Å²) < 4.78 is 11.7. The van der Waals surface area contributed by atoms with Crippen LogP contribution in [-0.2, 0) is 0 Å². The van der Waals surface area contributed by atoms with E-state index in [4.69, 9.17) is 20.9 Å². The average molecular weight is 352 g/mol. The summed E-state index contributed by atoms with van der Waals surface area (Å²) in [5.41, 5.74) is 13.5. The maximum Gasteiger partial charge on any atom is 0.139 e. The predicted octanol–water partition coefficient (Wildman–Crippen LogP) is 4.46. The molecule has 6 nitrogen and oxygen atoms in total. The van der Waals surface area contributed by atoms with Gasteiger partial charge in [0, 0.05) is 17.2 Å². The molecule has 134 valence electrons. The first-order valence-corrected chi connectivity index (χ1v) is 7.98. The summed E-state index contributed by atoms with van der Waals surface area (Å²) in [6.07, 6.45) is 0. The van der Waals surface area contributed by atoms with E-state index < -0.39 is 0 Å². The fraction of sp³-hybridized carbons (Fsp3) is 0.100. The molecule has 0 spiro atoms. The minimum atomic E-state index is 0.0207. The van der Waals surface area contributed by atoms with E-state index in [-0.39, 0.29) is 22.9 Å².